The van der Waals surface area contributed by atoms with Gasteiger partial charge in [0.25, 0.3) is 0 Å². The van der Waals surface area contributed by atoms with Gasteiger partial charge in [0.1, 0.15) is 12.4 Å². The summed E-state index contributed by atoms with van der Waals surface area (Å²) in [4.78, 5) is 0. The van der Waals surface area contributed by atoms with Gasteiger partial charge in [-0.1, -0.05) is 35.3 Å². The van der Waals surface area contributed by atoms with E-state index in [1.165, 1.54) is 0 Å². The fraction of sp³-hybridized carbons (Fsp3) is 0.250. The van der Waals surface area contributed by atoms with Crippen molar-refractivity contribution in [2.45, 2.75) is 27.1 Å². The molecule has 2 nitrogen and oxygen atoms in total. The molecule has 0 heterocycles. The fourth-order valence-corrected chi connectivity index (χ4v) is 2.53. The molecule has 0 aliphatic rings. The summed E-state index contributed by atoms with van der Waals surface area (Å²) < 4.78 is 5.86. The summed E-state index contributed by atoms with van der Waals surface area (Å²) in [6, 6.07) is 9.15. The maximum Gasteiger partial charge on any atom is 0.125 e. The maximum atomic E-state index is 9.18. The minimum atomic E-state index is 0.0298. The first-order chi connectivity index (χ1) is 9.51. The monoisotopic (exact) mass is 310 g/mol. The number of hydrogen-bond donors (Lipinski definition) is 1. The summed E-state index contributed by atoms with van der Waals surface area (Å²) in [6.07, 6.45) is 0. The quantitative estimate of drug-likeness (QED) is 0.888. The number of aliphatic hydroxyl groups excluding tert-OH is 1. The van der Waals surface area contributed by atoms with Crippen LogP contribution in [0.5, 0.6) is 5.75 Å². The number of hydrogen-bond acceptors (Lipinski definition) is 2. The van der Waals surface area contributed by atoms with Crippen molar-refractivity contribution in [3.63, 3.8) is 0 Å². The van der Waals surface area contributed by atoms with Gasteiger partial charge < -0.3 is 9.84 Å². The minimum absolute atomic E-state index is 0.0298. The Bertz CT molecular complexity index is 601. The van der Waals surface area contributed by atoms with Crippen LogP contribution in [0.3, 0.4) is 0 Å². The van der Waals surface area contributed by atoms with Crippen molar-refractivity contribution in [1.82, 2.24) is 0 Å². The van der Waals surface area contributed by atoms with E-state index in [1.807, 2.05) is 26.0 Å². The first-order valence-corrected chi connectivity index (χ1v) is 7.04. The summed E-state index contributed by atoms with van der Waals surface area (Å²) in [5.74, 6) is 0.818. The van der Waals surface area contributed by atoms with Crippen LogP contribution in [-0.2, 0) is 13.2 Å². The third kappa shape index (κ3) is 3.45. The Labute approximate surface area is 128 Å². The van der Waals surface area contributed by atoms with E-state index in [0.29, 0.717) is 16.7 Å². The molecule has 1 N–H and O–H groups in total. The summed E-state index contributed by atoms with van der Waals surface area (Å²) in [5, 5.41) is 10.5. The normalized spacial score (nSPS) is 10.7. The highest BCUT2D eigenvalue weighted by atomic mass is 35.5. The van der Waals surface area contributed by atoms with Gasteiger partial charge in [0.2, 0.25) is 0 Å². The molecule has 0 atom stereocenters. The van der Waals surface area contributed by atoms with Crippen LogP contribution in [0.2, 0.25) is 10.0 Å². The van der Waals surface area contributed by atoms with Crippen molar-refractivity contribution in [3.8, 4) is 5.75 Å². The second kappa shape index (κ2) is 6.49. The van der Waals surface area contributed by atoms with E-state index in [4.69, 9.17) is 27.9 Å². The first kappa shape index (κ1) is 15.2. The van der Waals surface area contributed by atoms with Crippen molar-refractivity contribution in [2.75, 3.05) is 0 Å². The van der Waals surface area contributed by atoms with Crippen molar-refractivity contribution in [1.29, 1.82) is 0 Å². The molecular weight excluding hydrogens is 295 g/mol. The van der Waals surface area contributed by atoms with Crippen molar-refractivity contribution in [3.05, 3.63) is 62.6 Å². The van der Waals surface area contributed by atoms with E-state index < -0.39 is 0 Å². The number of rotatable bonds is 4. The van der Waals surface area contributed by atoms with Gasteiger partial charge in [-0.2, -0.15) is 0 Å². The number of benzene rings is 2. The first-order valence-electron chi connectivity index (χ1n) is 6.29. The number of halogens is 2. The van der Waals surface area contributed by atoms with Gasteiger partial charge in [0, 0.05) is 15.6 Å². The molecule has 0 saturated carbocycles. The Hall–Kier alpha value is -1.22. The number of aryl methyl sites for hydroxylation is 2. The molecule has 0 saturated heterocycles. The Morgan fingerprint density at radius 3 is 2.30 bits per heavy atom. The maximum absolute atomic E-state index is 9.18. The van der Waals surface area contributed by atoms with Gasteiger partial charge >= 0.3 is 0 Å². The number of ether oxygens (including phenoxy) is 1. The molecule has 2 aromatic rings. The average Bonchev–Trinajstić information content (AvgIpc) is 2.41. The van der Waals surface area contributed by atoms with Gasteiger partial charge in [0.15, 0.2) is 0 Å². The molecular formula is C16H16Cl2O2. The van der Waals surface area contributed by atoms with Crippen LogP contribution in [0.25, 0.3) is 0 Å². The molecule has 0 aromatic heterocycles. The third-order valence-electron chi connectivity index (χ3n) is 3.08. The molecule has 2 aromatic carbocycles. The Kier molecular flexibility index (Phi) is 4.92. The van der Waals surface area contributed by atoms with Crippen molar-refractivity contribution < 1.29 is 9.84 Å². The average molecular weight is 311 g/mol. The Morgan fingerprint density at radius 2 is 1.70 bits per heavy atom. The zero-order valence-corrected chi connectivity index (χ0v) is 12.9. The highest BCUT2D eigenvalue weighted by molar-refractivity contribution is 6.33. The van der Waals surface area contributed by atoms with Crippen LogP contribution in [0.15, 0.2) is 30.3 Å². The topological polar surface area (TPSA) is 29.5 Å². The van der Waals surface area contributed by atoms with Gasteiger partial charge in [-0.25, -0.2) is 0 Å². The third-order valence-corrected chi connectivity index (χ3v) is 3.69. The molecule has 20 heavy (non-hydrogen) atoms. The summed E-state index contributed by atoms with van der Waals surface area (Å²) >= 11 is 12.1. The van der Waals surface area contributed by atoms with Gasteiger partial charge in [0.05, 0.1) is 6.61 Å². The molecule has 0 aliphatic heterocycles. The standard InChI is InChI=1S/C16H16Cl2O2/c1-10-5-12(8-19)6-11(2)16(10)20-9-13-7-14(17)3-4-15(13)18/h3-7,19H,8-9H2,1-2H3. The van der Waals surface area contributed by atoms with E-state index in [2.05, 4.69) is 0 Å². The van der Waals surface area contributed by atoms with Crippen LogP contribution in [0.1, 0.15) is 22.3 Å². The van der Waals surface area contributed by atoms with Crippen molar-refractivity contribution in [2.24, 2.45) is 0 Å². The number of aliphatic hydroxyl groups is 1. The molecule has 0 unspecified atom stereocenters. The van der Waals surface area contributed by atoms with E-state index >= 15 is 0 Å². The molecule has 0 fully saturated rings. The molecule has 0 aliphatic carbocycles. The molecule has 2 rings (SSSR count). The van der Waals surface area contributed by atoms with E-state index in [1.54, 1.807) is 18.2 Å². The van der Waals surface area contributed by atoms with Crippen molar-refractivity contribution >= 4 is 23.2 Å². The predicted molar refractivity (Wildman–Crippen MR) is 82.6 cm³/mol. The lowest BCUT2D eigenvalue weighted by Crippen LogP contribution is -2.01. The zero-order chi connectivity index (χ0) is 14.7. The highest BCUT2D eigenvalue weighted by Crippen LogP contribution is 2.27. The van der Waals surface area contributed by atoms with Crippen LogP contribution in [0, 0.1) is 13.8 Å². The van der Waals surface area contributed by atoms with Gasteiger partial charge in [-0.05, 0) is 48.7 Å². The lowest BCUT2D eigenvalue weighted by atomic mass is 10.1. The lowest BCUT2D eigenvalue weighted by Gasteiger charge is -2.14. The van der Waals surface area contributed by atoms with Crippen LogP contribution < -0.4 is 4.74 Å². The van der Waals surface area contributed by atoms with Crippen LogP contribution >= 0.6 is 23.2 Å². The molecule has 0 spiro atoms. The fourth-order valence-electron chi connectivity index (χ4n) is 2.16. The van der Waals surface area contributed by atoms with E-state index in [0.717, 1.165) is 28.0 Å². The minimum Gasteiger partial charge on any atom is -0.488 e. The Balaban J connectivity index is 2.21. The van der Waals surface area contributed by atoms with E-state index in [9.17, 15) is 5.11 Å². The summed E-state index contributed by atoms with van der Waals surface area (Å²) in [7, 11) is 0. The predicted octanol–water partition coefficient (Wildman–Crippen LogP) is 4.68. The zero-order valence-electron chi connectivity index (χ0n) is 11.4. The summed E-state index contributed by atoms with van der Waals surface area (Å²) in [5.41, 5.74) is 3.72. The summed E-state index contributed by atoms with van der Waals surface area (Å²) in [6.45, 7) is 4.31. The van der Waals surface area contributed by atoms with Gasteiger partial charge in [-0.3, -0.25) is 0 Å². The lowest BCUT2D eigenvalue weighted by molar-refractivity contribution is 0.280. The molecule has 106 valence electrons. The second-order valence-electron chi connectivity index (χ2n) is 4.74. The smallest absolute Gasteiger partial charge is 0.125 e. The van der Waals surface area contributed by atoms with Crippen LogP contribution in [0.4, 0.5) is 0 Å². The largest absolute Gasteiger partial charge is 0.488 e. The van der Waals surface area contributed by atoms with Crippen LogP contribution in [-0.4, -0.2) is 5.11 Å². The highest BCUT2D eigenvalue weighted by Gasteiger charge is 2.08. The molecule has 0 bridgehead atoms. The molecule has 4 heteroatoms. The van der Waals surface area contributed by atoms with Gasteiger partial charge in [-0.15, -0.1) is 0 Å². The molecule has 0 radical (unpaired) electrons. The second-order valence-corrected chi connectivity index (χ2v) is 5.58. The molecule has 0 amide bonds. The van der Waals surface area contributed by atoms with E-state index in [-0.39, 0.29) is 6.61 Å². The SMILES string of the molecule is Cc1cc(CO)cc(C)c1OCc1cc(Cl)ccc1Cl. The Morgan fingerprint density at radius 1 is 1.05 bits per heavy atom.